The third kappa shape index (κ3) is 4.20. The number of carbonyl (C=O) groups is 2. The summed E-state index contributed by atoms with van der Waals surface area (Å²) in [5.74, 6) is -0.546. The zero-order valence-electron chi connectivity index (χ0n) is 11.9. The molecule has 5 nitrogen and oxygen atoms in total. The highest BCUT2D eigenvalue weighted by atomic mass is 16.4. The van der Waals surface area contributed by atoms with Crippen LogP contribution >= 0.6 is 0 Å². The molecule has 0 aliphatic heterocycles. The van der Waals surface area contributed by atoms with Crippen molar-refractivity contribution in [1.82, 2.24) is 5.32 Å². The van der Waals surface area contributed by atoms with Crippen molar-refractivity contribution in [3.63, 3.8) is 0 Å². The first-order valence-electron chi connectivity index (χ1n) is 7.13. The Hall–Kier alpha value is -1.10. The number of rotatable bonds is 6. The van der Waals surface area contributed by atoms with Gasteiger partial charge in [0.2, 0.25) is 5.91 Å². The molecule has 110 valence electrons. The number of aliphatic carboxylic acids is 1. The molecule has 1 amide bonds. The summed E-state index contributed by atoms with van der Waals surface area (Å²) in [5.41, 5.74) is 4.69. The van der Waals surface area contributed by atoms with Crippen molar-refractivity contribution in [3.8, 4) is 0 Å². The Morgan fingerprint density at radius 3 is 2.74 bits per heavy atom. The average Bonchev–Trinajstić information content (AvgIpc) is 2.38. The maximum atomic E-state index is 11.9. The van der Waals surface area contributed by atoms with Gasteiger partial charge in [-0.25, -0.2) is 0 Å². The highest BCUT2D eigenvalue weighted by Gasteiger charge is 2.43. The number of nitrogens with two attached hydrogens (primary N) is 1. The Labute approximate surface area is 114 Å². The summed E-state index contributed by atoms with van der Waals surface area (Å²) in [5, 5.41) is 12.3. The standard InChI is InChI=1S/C14H26N2O3/c1-10(9-15)6-7-12(17)16-11-5-3-4-8-14(11,2)13(18)19/h10-11H,3-9,15H2,1-2H3,(H,16,17)(H,18,19). The molecule has 0 spiro atoms. The van der Waals surface area contributed by atoms with Crippen LogP contribution in [0, 0.1) is 11.3 Å². The van der Waals surface area contributed by atoms with Crippen molar-refractivity contribution in [2.75, 3.05) is 6.54 Å². The molecule has 5 heteroatoms. The number of nitrogens with one attached hydrogen (secondary N) is 1. The van der Waals surface area contributed by atoms with Gasteiger partial charge in [-0.2, -0.15) is 0 Å². The van der Waals surface area contributed by atoms with Gasteiger partial charge in [-0.15, -0.1) is 0 Å². The van der Waals surface area contributed by atoms with Gasteiger partial charge in [0.1, 0.15) is 0 Å². The number of hydrogen-bond donors (Lipinski definition) is 3. The molecule has 0 heterocycles. The third-order valence-electron chi connectivity index (χ3n) is 4.30. The Balaban J connectivity index is 2.53. The van der Waals surface area contributed by atoms with Gasteiger partial charge in [0.05, 0.1) is 5.41 Å². The van der Waals surface area contributed by atoms with Crippen molar-refractivity contribution in [1.29, 1.82) is 0 Å². The second-order valence-electron chi connectivity index (χ2n) is 5.97. The number of carboxylic acids is 1. The highest BCUT2D eigenvalue weighted by Crippen LogP contribution is 2.36. The minimum atomic E-state index is -0.826. The van der Waals surface area contributed by atoms with Crippen molar-refractivity contribution in [2.24, 2.45) is 17.1 Å². The van der Waals surface area contributed by atoms with Crippen molar-refractivity contribution in [3.05, 3.63) is 0 Å². The van der Waals surface area contributed by atoms with Gasteiger partial charge in [-0.05, 0) is 38.6 Å². The van der Waals surface area contributed by atoms with Gasteiger partial charge in [0, 0.05) is 12.5 Å². The van der Waals surface area contributed by atoms with Crippen LogP contribution in [0.3, 0.4) is 0 Å². The summed E-state index contributed by atoms with van der Waals surface area (Å²) < 4.78 is 0. The Morgan fingerprint density at radius 1 is 1.47 bits per heavy atom. The molecule has 0 radical (unpaired) electrons. The van der Waals surface area contributed by atoms with Gasteiger partial charge in [0.15, 0.2) is 0 Å². The molecule has 0 bridgehead atoms. The molecular weight excluding hydrogens is 244 g/mol. The van der Waals surface area contributed by atoms with E-state index in [4.69, 9.17) is 5.73 Å². The lowest BCUT2D eigenvalue weighted by Gasteiger charge is -2.38. The van der Waals surface area contributed by atoms with Gasteiger partial charge >= 0.3 is 5.97 Å². The van der Waals surface area contributed by atoms with E-state index in [9.17, 15) is 14.7 Å². The number of amides is 1. The topological polar surface area (TPSA) is 92.4 Å². The van der Waals surface area contributed by atoms with Crippen molar-refractivity contribution >= 4 is 11.9 Å². The summed E-state index contributed by atoms with van der Waals surface area (Å²) in [6.07, 6.45) is 4.45. The molecule has 0 aromatic rings. The summed E-state index contributed by atoms with van der Waals surface area (Å²) in [6, 6.07) is -0.251. The maximum Gasteiger partial charge on any atom is 0.311 e. The minimum absolute atomic E-state index is 0.0559. The van der Waals surface area contributed by atoms with E-state index in [1.165, 1.54) is 0 Å². The monoisotopic (exact) mass is 270 g/mol. The second kappa shape index (κ2) is 6.89. The number of hydrogen-bond acceptors (Lipinski definition) is 3. The van der Waals surface area contributed by atoms with Gasteiger partial charge in [-0.1, -0.05) is 19.8 Å². The highest BCUT2D eigenvalue weighted by molar-refractivity contribution is 5.79. The molecule has 19 heavy (non-hydrogen) atoms. The van der Waals surface area contributed by atoms with Crippen LogP contribution in [0.2, 0.25) is 0 Å². The Kier molecular flexibility index (Phi) is 5.79. The first-order valence-corrected chi connectivity index (χ1v) is 7.13. The van der Waals surface area contributed by atoms with E-state index in [2.05, 4.69) is 5.32 Å². The smallest absolute Gasteiger partial charge is 0.311 e. The summed E-state index contributed by atoms with van der Waals surface area (Å²) in [6.45, 7) is 4.32. The summed E-state index contributed by atoms with van der Waals surface area (Å²) in [4.78, 5) is 23.3. The van der Waals surface area contributed by atoms with E-state index in [-0.39, 0.29) is 11.9 Å². The largest absolute Gasteiger partial charge is 0.481 e. The van der Waals surface area contributed by atoms with E-state index in [0.29, 0.717) is 25.3 Å². The molecule has 3 unspecified atom stereocenters. The quantitative estimate of drug-likeness (QED) is 0.682. The van der Waals surface area contributed by atoms with Crippen LogP contribution in [-0.2, 0) is 9.59 Å². The fourth-order valence-corrected chi connectivity index (χ4v) is 2.58. The van der Waals surface area contributed by atoms with Crippen molar-refractivity contribution < 1.29 is 14.7 Å². The molecule has 1 aliphatic rings. The molecule has 4 N–H and O–H groups in total. The van der Waals surface area contributed by atoms with Crippen molar-refractivity contribution in [2.45, 2.75) is 58.4 Å². The fourth-order valence-electron chi connectivity index (χ4n) is 2.58. The Morgan fingerprint density at radius 2 is 2.16 bits per heavy atom. The van der Waals surface area contributed by atoms with Crippen LogP contribution < -0.4 is 11.1 Å². The molecule has 0 aromatic carbocycles. The molecule has 3 atom stereocenters. The predicted molar refractivity (Wildman–Crippen MR) is 73.6 cm³/mol. The van der Waals surface area contributed by atoms with Gasteiger partial charge in [-0.3, -0.25) is 9.59 Å². The lowest BCUT2D eigenvalue weighted by atomic mass is 9.71. The lowest BCUT2D eigenvalue weighted by Crippen LogP contribution is -2.52. The lowest BCUT2D eigenvalue weighted by molar-refractivity contribution is -0.152. The molecular formula is C14H26N2O3. The van der Waals surface area contributed by atoms with E-state index in [0.717, 1.165) is 25.7 Å². The number of carbonyl (C=O) groups excluding carboxylic acids is 1. The SMILES string of the molecule is CC(CN)CCC(=O)NC1CCCCC1(C)C(=O)O. The first-order chi connectivity index (χ1) is 8.90. The van der Waals surface area contributed by atoms with E-state index < -0.39 is 11.4 Å². The number of carboxylic acid groups (broad SMARTS) is 1. The molecule has 1 saturated carbocycles. The molecule has 1 fully saturated rings. The van der Waals surface area contributed by atoms with E-state index >= 15 is 0 Å². The molecule has 1 aliphatic carbocycles. The van der Waals surface area contributed by atoms with Crippen LogP contribution in [0.1, 0.15) is 52.4 Å². The maximum absolute atomic E-state index is 11.9. The van der Waals surface area contributed by atoms with Gasteiger partial charge < -0.3 is 16.2 Å². The second-order valence-corrected chi connectivity index (χ2v) is 5.97. The van der Waals surface area contributed by atoms with Crippen LogP contribution in [0.25, 0.3) is 0 Å². The normalized spacial score (nSPS) is 28.7. The van der Waals surface area contributed by atoms with Crippen LogP contribution in [-0.4, -0.2) is 29.6 Å². The zero-order valence-corrected chi connectivity index (χ0v) is 11.9. The zero-order chi connectivity index (χ0) is 14.5. The van der Waals surface area contributed by atoms with Gasteiger partial charge in [0.25, 0.3) is 0 Å². The molecule has 0 saturated heterocycles. The summed E-state index contributed by atoms with van der Waals surface area (Å²) >= 11 is 0. The minimum Gasteiger partial charge on any atom is -0.481 e. The predicted octanol–water partition coefficient (Wildman–Crippen LogP) is 1.51. The van der Waals surface area contributed by atoms with Crippen LogP contribution in [0.4, 0.5) is 0 Å². The molecule has 1 rings (SSSR count). The molecule has 0 aromatic heterocycles. The van der Waals surface area contributed by atoms with Crippen LogP contribution in [0.5, 0.6) is 0 Å². The van der Waals surface area contributed by atoms with Crippen LogP contribution in [0.15, 0.2) is 0 Å². The average molecular weight is 270 g/mol. The third-order valence-corrected chi connectivity index (χ3v) is 4.30. The summed E-state index contributed by atoms with van der Waals surface area (Å²) in [7, 11) is 0. The first kappa shape index (κ1) is 16.0. The Bertz CT molecular complexity index is 333. The van der Waals surface area contributed by atoms with E-state index in [1.807, 2.05) is 6.92 Å². The fraction of sp³-hybridized carbons (Fsp3) is 0.857. The van der Waals surface area contributed by atoms with E-state index in [1.54, 1.807) is 6.92 Å².